The Morgan fingerprint density at radius 1 is 1.41 bits per heavy atom. The lowest BCUT2D eigenvalue weighted by Gasteiger charge is -2.23. The van der Waals surface area contributed by atoms with Crippen molar-refractivity contribution >= 4 is 11.8 Å². The molecule has 2 nitrogen and oxygen atoms in total. The fourth-order valence-corrected chi connectivity index (χ4v) is 4.02. The number of ether oxygens (including phenoxy) is 1. The van der Waals surface area contributed by atoms with E-state index in [4.69, 9.17) is 4.74 Å². The quantitative estimate of drug-likeness (QED) is 0.887. The number of rotatable bonds is 3. The second kappa shape index (κ2) is 4.75. The molecule has 0 fully saturated rings. The minimum atomic E-state index is 0.342. The first-order chi connectivity index (χ1) is 8.38. The molecule has 0 bridgehead atoms. The van der Waals surface area contributed by atoms with E-state index < -0.39 is 0 Å². The molecule has 1 aromatic rings. The number of fused-ring (bicyclic) bond motifs is 1. The van der Waals surface area contributed by atoms with E-state index in [2.05, 4.69) is 35.7 Å². The molecule has 0 radical (unpaired) electrons. The van der Waals surface area contributed by atoms with Gasteiger partial charge in [-0.2, -0.15) is 0 Å². The highest BCUT2D eigenvalue weighted by atomic mass is 32.2. The first kappa shape index (κ1) is 11.2. The molecule has 0 aromatic heterocycles. The summed E-state index contributed by atoms with van der Waals surface area (Å²) in [7, 11) is 2.02. The van der Waals surface area contributed by atoms with E-state index in [9.17, 15) is 0 Å². The molecule has 0 saturated carbocycles. The highest BCUT2D eigenvalue weighted by Gasteiger charge is 2.32. The zero-order chi connectivity index (χ0) is 11.7. The van der Waals surface area contributed by atoms with E-state index in [0.717, 1.165) is 25.2 Å². The van der Waals surface area contributed by atoms with Gasteiger partial charge in [0.15, 0.2) is 0 Å². The molecule has 0 amide bonds. The number of hydrogen-bond donors (Lipinski definition) is 1. The summed E-state index contributed by atoms with van der Waals surface area (Å²) in [6.07, 6.45) is 4.41. The molecule has 2 heterocycles. The molecule has 3 rings (SSSR count). The van der Waals surface area contributed by atoms with Crippen LogP contribution >= 0.6 is 11.8 Å². The Balaban J connectivity index is 1.78. The summed E-state index contributed by atoms with van der Waals surface area (Å²) in [5.74, 6) is 1.14. The summed E-state index contributed by atoms with van der Waals surface area (Å²) < 4.78 is 5.70. The molecule has 1 N–H and O–H groups in total. The molecule has 2 unspecified atom stereocenters. The molecule has 3 heteroatoms. The van der Waals surface area contributed by atoms with Gasteiger partial charge in [0.05, 0.1) is 12.6 Å². The molecule has 2 aliphatic rings. The molecule has 1 aromatic carbocycles. The Bertz CT molecular complexity index is 419. The van der Waals surface area contributed by atoms with Crippen molar-refractivity contribution < 1.29 is 4.74 Å². The summed E-state index contributed by atoms with van der Waals surface area (Å²) in [5, 5.41) is 3.96. The fraction of sp³-hybridized carbons (Fsp3) is 0.429. The topological polar surface area (TPSA) is 21.3 Å². The van der Waals surface area contributed by atoms with E-state index in [1.54, 1.807) is 0 Å². The van der Waals surface area contributed by atoms with Gasteiger partial charge in [0.1, 0.15) is 5.76 Å². The molecular formula is C14H17NOS. The highest BCUT2D eigenvalue weighted by molar-refractivity contribution is 8.00. The average Bonchev–Trinajstić information content (AvgIpc) is 2.98. The Morgan fingerprint density at radius 3 is 3.00 bits per heavy atom. The third kappa shape index (κ3) is 2.09. The van der Waals surface area contributed by atoms with Crippen LogP contribution in [0, 0.1) is 0 Å². The van der Waals surface area contributed by atoms with Gasteiger partial charge in [0.2, 0.25) is 0 Å². The summed E-state index contributed by atoms with van der Waals surface area (Å²) in [5.41, 5.74) is 1.47. The molecule has 0 spiro atoms. The first-order valence-corrected chi connectivity index (χ1v) is 7.01. The first-order valence-electron chi connectivity index (χ1n) is 6.13. The molecule has 0 saturated heterocycles. The largest absolute Gasteiger partial charge is 0.496 e. The van der Waals surface area contributed by atoms with Crippen LogP contribution < -0.4 is 5.32 Å². The predicted molar refractivity (Wildman–Crippen MR) is 71.3 cm³/mol. The molecule has 17 heavy (non-hydrogen) atoms. The van der Waals surface area contributed by atoms with Gasteiger partial charge in [-0.1, -0.05) is 18.2 Å². The molecule has 2 aliphatic heterocycles. The van der Waals surface area contributed by atoms with Crippen molar-refractivity contribution in [3.05, 3.63) is 41.7 Å². The number of nitrogens with one attached hydrogen (secondary N) is 1. The number of hydrogen-bond acceptors (Lipinski definition) is 3. The number of thioether (sulfide) groups is 1. The van der Waals surface area contributed by atoms with Crippen molar-refractivity contribution in [3.8, 4) is 0 Å². The maximum Gasteiger partial charge on any atom is 0.110 e. The lowest BCUT2D eigenvalue weighted by atomic mass is 10.0. The minimum absolute atomic E-state index is 0.342. The standard InChI is InChI=1S/C14H17NOS/c1-15-14(11-6-4-8-16-11)13-9-10-5-2-3-7-12(10)17-13/h2-3,5-7,13-15H,4,8-9H2,1H3. The zero-order valence-corrected chi connectivity index (χ0v) is 10.8. The highest BCUT2D eigenvalue weighted by Crippen LogP contribution is 2.40. The predicted octanol–water partition coefficient (Wildman–Crippen LogP) is 2.60. The van der Waals surface area contributed by atoms with Crippen LogP contribution in [0.5, 0.6) is 0 Å². The van der Waals surface area contributed by atoms with Gasteiger partial charge in [-0.3, -0.25) is 0 Å². The van der Waals surface area contributed by atoms with E-state index in [1.165, 1.54) is 10.5 Å². The lowest BCUT2D eigenvalue weighted by molar-refractivity contribution is 0.216. The Kier molecular flexibility index (Phi) is 3.12. The van der Waals surface area contributed by atoms with E-state index in [0.29, 0.717) is 11.3 Å². The van der Waals surface area contributed by atoms with Gasteiger partial charge in [0.25, 0.3) is 0 Å². The summed E-state index contributed by atoms with van der Waals surface area (Å²) in [6, 6.07) is 9.04. The van der Waals surface area contributed by atoms with Crippen molar-refractivity contribution in [1.82, 2.24) is 5.32 Å². The van der Waals surface area contributed by atoms with Gasteiger partial charge >= 0.3 is 0 Å². The van der Waals surface area contributed by atoms with Crippen molar-refractivity contribution in [1.29, 1.82) is 0 Å². The smallest absolute Gasteiger partial charge is 0.110 e. The zero-order valence-electron chi connectivity index (χ0n) is 9.98. The average molecular weight is 247 g/mol. The van der Waals surface area contributed by atoms with Crippen LogP contribution in [0.1, 0.15) is 12.0 Å². The van der Waals surface area contributed by atoms with Crippen LogP contribution in [-0.4, -0.2) is 24.9 Å². The Hall–Kier alpha value is -0.930. The molecule has 90 valence electrons. The van der Waals surface area contributed by atoms with Crippen molar-refractivity contribution in [3.63, 3.8) is 0 Å². The fourth-order valence-electron chi connectivity index (χ4n) is 2.56. The van der Waals surface area contributed by atoms with E-state index in [-0.39, 0.29) is 0 Å². The summed E-state index contributed by atoms with van der Waals surface area (Å²) >= 11 is 1.97. The van der Waals surface area contributed by atoms with Crippen molar-refractivity contribution in [2.75, 3.05) is 13.7 Å². The Morgan fingerprint density at radius 2 is 2.29 bits per heavy atom. The third-order valence-corrected chi connectivity index (χ3v) is 4.79. The normalized spacial score (nSPS) is 24.1. The van der Waals surface area contributed by atoms with E-state index >= 15 is 0 Å². The van der Waals surface area contributed by atoms with Crippen LogP contribution in [0.2, 0.25) is 0 Å². The molecule has 0 aliphatic carbocycles. The lowest BCUT2D eigenvalue weighted by Crippen LogP contribution is -2.37. The van der Waals surface area contributed by atoms with Gasteiger partial charge in [-0.15, -0.1) is 11.8 Å². The van der Waals surface area contributed by atoms with Crippen LogP contribution in [0.4, 0.5) is 0 Å². The van der Waals surface area contributed by atoms with Gasteiger partial charge < -0.3 is 10.1 Å². The van der Waals surface area contributed by atoms with E-state index in [1.807, 2.05) is 18.8 Å². The van der Waals surface area contributed by atoms with Crippen LogP contribution in [0.15, 0.2) is 41.0 Å². The SMILES string of the molecule is CNC(C1=CCCO1)C1Cc2ccccc2S1. The third-order valence-electron chi connectivity index (χ3n) is 3.39. The maximum atomic E-state index is 5.70. The minimum Gasteiger partial charge on any atom is -0.496 e. The van der Waals surface area contributed by atoms with Crippen molar-refractivity contribution in [2.24, 2.45) is 0 Å². The Labute approximate surface area is 106 Å². The second-order valence-corrected chi connectivity index (χ2v) is 5.76. The van der Waals surface area contributed by atoms with Crippen LogP contribution in [-0.2, 0) is 11.2 Å². The van der Waals surface area contributed by atoms with Gasteiger partial charge in [-0.25, -0.2) is 0 Å². The van der Waals surface area contributed by atoms with Gasteiger partial charge in [0, 0.05) is 16.6 Å². The van der Waals surface area contributed by atoms with Gasteiger partial charge in [-0.05, 0) is 31.2 Å². The van der Waals surface area contributed by atoms with Crippen LogP contribution in [0.25, 0.3) is 0 Å². The molecular weight excluding hydrogens is 230 g/mol. The number of likely N-dealkylation sites (N-methyl/N-ethyl adjacent to an activating group) is 1. The van der Waals surface area contributed by atoms with Crippen LogP contribution in [0.3, 0.4) is 0 Å². The van der Waals surface area contributed by atoms with Crippen molar-refractivity contribution in [2.45, 2.75) is 29.0 Å². The monoisotopic (exact) mass is 247 g/mol. The molecule has 2 atom stereocenters. The maximum absolute atomic E-state index is 5.70. The second-order valence-electron chi connectivity index (χ2n) is 4.48. The summed E-state index contributed by atoms with van der Waals surface area (Å²) in [6.45, 7) is 0.845. The summed E-state index contributed by atoms with van der Waals surface area (Å²) in [4.78, 5) is 1.43. The number of benzene rings is 1.